The highest BCUT2D eigenvalue weighted by atomic mass is 35.5. The normalized spacial score (nSPS) is 10.6. The second-order valence-electron chi connectivity index (χ2n) is 4.66. The van der Waals surface area contributed by atoms with Gasteiger partial charge in [-0.2, -0.15) is 0 Å². The third kappa shape index (κ3) is 4.17. The standard InChI is InChI=1S/C16H13ClN2O3/c1-11-5-7-15(14(17)9-11)18-16(20)8-6-12-3-2-4-13(10-12)19(21)22/h2-10H,1H3,(H,18,20). The Morgan fingerprint density at radius 1 is 1.27 bits per heavy atom. The molecule has 0 saturated carbocycles. The zero-order valence-corrected chi connectivity index (χ0v) is 12.5. The number of hydrogen-bond acceptors (Lipinski definition) is 3. The highest BCUT2D eigenvalue weighted by Crippen LogP contribution is 2.22. The Bertz CT molecular complexity index is 757. The molecule has 0 radical (unpaired) electrons. The van der Waals surface area contributed by atoms with Crippen LogP contribution in [0.5, 0.6) is 0 Å². The second-order valence-corrected chi connectivity index (χ2v) is 5.07. The Balaban J connectivity index is 2.08. The maximum Gasteiger partial charge on any atom is 0.270 e. The molecule has 0 fully saturated rings. The van der Waals surface area contributed by atoms with Crippen LogP contribution in [0.4, 0.5) is 11.4 Å². The van der Waals surface area contributed by atoms with Crippen molar-refractivity contribution < 1.29 is 9.72 Å². The number of carbonyl (C=O) groups is 1. The molecular weight excluding hydrogens is 304 g/mol. The first kappa shape index (κ1) is 15.7. The van der Waals surface area contributed by atoms with Crippen molar-refractivity contribution in [1.29, 1.82) is 0 Å². The van der Waals surface area contributed by atoms with Gasteiger partial charge in [0, 0.05) is 18.2 Å². The first-order valence-corrected chi connectivity index (χ1v) is 6.83. The van der Waals surface area contributed by atoms with Crippen molar-refractivity contribution in [2.24, 2.45) is 0 Å². The zero-order chi connectivity index (χ0) is 16.1. The Morgan fingerprint density at radius 3 is 2.73 bits per heavy atom. The van der Waals surface area contributed by atoms with Crippen molar-refractivity contribution in [3.8, 4) is 0 Å². The van der Waals surface area contributed by atoms with Gasteiger partial charge in [-0.1, -0.05) is 29.8 Å². The second kappa shape index (κ2) is 6.87. The summed E-state index contributed by atoms with van der Waals surface area (Å²) in [7, 11) is 0. The van der Waals surface area contributed by atoms with E-state index in [4.69, 9.17) is 11.6 Å². The van der Waals surface area contributed by atoms with Crippen LogP contribution in [-0.4, -0.2) is 10.8 Å². The summed E-state index contributed by atoms with van der Waals surface area (Å²) < 4.78 is 0. The van der Waals surface area contributed by atoms with Gasteiger partial charge in [-0.05, 0) is 36.3 Å². The van der Waals surface area contributed by atoms with Crippen molar-refractivity contribution in [3.63, 3.8) is 0 Å². The predicted octanol–water partition coefficient (Wildman–Crippen LogP) is 4.21. The van der Waals surface area contributed by atoms with Gasteiger partial charge in [0.2, 0.25) is 5.91 Å². The topological polar surface area (TPSA) is 72.2 Å². The van der Waals surface area contributed by atoms with Crippen molar-refractivity contribution in [2.45, 2.75) is 6.92 Å². The number of rotatable bonds is 4. The lowest BCUT2D eigenvalue weighted by atomic mass is 10.2. The highest BCUT2D eigenvalue weighted by Gasteiger charge is 2.05. The maximum absolute atomic E-state index is 11.9. The number of hydrogen-bond donors (Lipinski definition) is 1. The van der Waals surface area contributed by atoms with Crippen LogP contribution in [0.25, 0.3) is 6.08 Å². The largest absolute Gasteiger partial charge is 0.321 e. The average Bonchev–Trinajstić information content (AvgIpc) is 2.48. The number of nitro benzene ring substituents is 1. The Hall–Kier alpha value is -2.66. The molecule has 2 aromatic carbocycles. The smallest absolute Gasteiger partial charge is 0.270 e. The van der Waals surface area contributed by atoms with Crippen LogP contribution in [0.3, 0.4) is 0 Å². The first-order chi connectivity index (χ1) is 10.5. The minimum absolute atomic E-state index is 0.0239. The first-order valence-electron chi connectivity index (χ1n) is 6.45. The van der Waals surface area contributed by atoms with E-state index in [0.717, 1.165) is 5.56 Å². The van der Waals surface area contributed by atoms with E-state index in [2.05, 4.69) is 5.32 Å². The van der Waals surface area contributed by atoms with Crippen LogP contribution in [0, 0.1) is 17.0 Å². The number of amides is 1. The van der Waals surface area contributed by atoms with Crippen LogP contribution >= 0.6 is 11.6 Å². The number of nitrogens with zero attached hydrogens (tertiary/aromatic N) is 1. The summed E-state index contributed by atoms with van der Waals surface area (Å²) in [5, 5.41) is 13.8. The van der Waals surface area contributed by atoms with E-state index in [0.29, 0.717) is 16.3 Å². The molecule has 0 spiro atoms. The van der Waals surface area contributed by atoms with Crippen LogP contribution < -0.4 is 5.32 Å². The molecule has 0 bridgehead atoms. The molecule has 22 heavy (non-hydrogen) atoms. The predicted molar refractivity (Wildman–Crippen MR) is 86.9 cm³/mol. The van der Waals surface area contributed by atoms with Gasteiger partial charge in [0.25, 0.3) is 5.69 Å². The molecule has 0 aromatic heterocycles. The molecule has 0 aliphatic heterocycles. The summed E-state index contributed by atoms with van der Waals surface area (Å²) >= 11 is 6.03. The van der Waals surface area contributed by atoms with Gasteiger partial charge in [0.15, 0.2) is 0 Å². The number of aryl methyl sites for hydroxylation is 1. The van der Waals surface area contributed by atoms with Crippen LogP contribution in [0.2, 0.25) is 5.02 Å². The molecule has 112 valence electrons. The number of nitrogens with one attached hydrogen (secondary N) is 1. The molecule has 1 N–H and O–H groups in total. The fourth-order valence-electron chi connectivity index (χ4n) is 1.81. The van der Waals surface area contributed by atoms with Gasteiger partial charge < -0.3 is 5.32 Å². The van der Waals surface area contributed by atoms with Crippen LogP contribution in [-0.2, 0) is 4.79 Å². The third-order valence-corrected chi connectivity index (χ3v) is 3.20. The Kier molecular flexibility index (Phi) is 4.91. The summed E-state index contributed by atoms with van der Waals surface area (Å²) in [4.78, 5) is 22.1. The molecule has 6 heteroatoms. The molecule has 0 atom stereocenters. The highest BCUT2D eigenvalue weighted by molar-refractivity contribution is 6.33. The summed E-state index contributed by atoms with van der Waals surface area (Å²) in [6.07, 6.45) is 2.81. The van der Waals surface area contributed by atoms with E-state index >= 15 is 0 Å². The Labute approximate surface area is 132 Å². The number of nitro groups is 1. The molecular formula is C16H13ClN2O3. The number of non-ortho nitro benzene ring substituents is 1. The summed E-state index contributed by atoms with van der Waals surface area (Å²) in [6.45, 7) is 1.90. The number of benzene rings is 2. The van der Waals surface area contributed by atoms with E-state index in [-0.39, 0.29) is 11.6 Å². The third-order valence-electron chi connectivity index (χ3n) is 2.89. The van der Waals surface area contributed by atoms with Crippen LogP contribution in [0.1, 0.15) is 11.1 Å². The van der Waals surface area contributed by atoms with Crippen molar-refractivity contribution in [1.82, 2.24) is 0 Å². The lowest BCUT2D eigenvalue weighted by Gasteiger charge is -2.05. The number of carbonyl (C=O) groups excluding carboxylic acids is 1. The maximum atomic E-state index is 11.9. The zero-order valence-electron chi connectivity index (χ0n) is 11.7. The van der Waals surface area contributed by atoms with E-state index in [9.17, 15) is 14.9 Å². The fourth-order valence-corrected chi connectivity index (χ4v) is 2.09. The molecule has 5 nitrogen and oxygen atoms in total. The average molecular weight is 317 g/mol. The molecule has 1 amide bonds. The molecule has 0 heterocycles. The summed E-state index contributed by atoms with van der Waals surface area (Å²) in [6, 6.07) is 11.3. The number of halogens is 1. The lowest BCUT2D eigenvalue weighted by Crippen LogP contribution is -2.08. The van der Waals surface area contributed by atoms with Crippen molar-refractivity contribution >= 4 is 35.0 Å². The van der Waals surface area contributed by atoms with Gasteiger partial charge in [-0.25, -0.2) is 0 Å². The van der Waals surface area contributed by atoms with E-state index in [1.165, 1.54) is 24.3 Å². The fraction of sp³-hybridized carbons (Fsp3) is 0.0625. The van der Waals surface area contributed by atoms with Crippen LogP contribution in [0.15, 0.2) is 48.5 Å². The van der Waals surface area contributed by atoms with E-state index in [1.54, 1.807) is 24.3 Å². The van der Waals surface area contributed by atoms with Crippen molar-refractivity contribution in [2.75, 3.05) is 5.32 Å². The van der Waals surface area contributed by atoms with Gasteiger partial charge >= 0.3 is 0 Å². The lowest BCUT2D eigenvalue weighted by molar-refractivity contribution is -0.384. The van der Waals surface area contributed by atoms with Gasteiger partial charge in [0.1, 0.15) is 0 Å². The molecule has 0 unspecified atom stereocenters. The monoisotopic (exact) mass is 316 g/mol. The molecule has 0 aliphatic rings. The van der Waals surface area contributed by atoms with E-state index < -0.39 is 4.92 Å². The molecule has 0 aliphatic carbocycles. The summed E-state index contributed by atoms with van der Waals surface area (Å²) in [5.41, 5.74) is 2.06. The molecule has 2 aromatic rings. The SMILES string of the molecule is Cc1ccc(NC(=O)C=Cc2cccc([N+](=O)[O-])c2)c(Cl)c1. The molecule has 0 saturated heterocycles. The minimum atomic E-state index is -0.483. The van der Waals surface area contributed by atoms with Gasteiger partial charge in [-0.3, -0.25) is 14.9 Å². The summed E-state index contributed by atoms with van der Waals surface area (Å²) in [5.74, 6) is -0.364. The number of anilines is 1. The minimum Gasteiger partial charge on any atom is -0.321 e. The van der Waals surface area contributed by atoms with Crippen molar-refractivity contribution in [3.05, 3.63) is 74.8 Å². The van der Waals surface area contributed by atoms with Gasteiger partial charge in [-0.15, -0.1) is 0 Å². The van der Waals surface area contributed by atoms with E-state index in [1.807, 2.05) is 13.0 Å². The van der Waals surface area contributed by atoms with Gasteiger partial charge in [0.05, 0.1) is 15.6 Å². The quantitative estimate of drug-likeness (QED) is 0.521. The Morgan fingerprint density at radius 2 is 2.05 bits per heavy atom. The molecule has 2 rings (SSSR count).